The number of hydrogen-bond acceptors (Lipinski definition) is 7. The minimum absolute atomic E-state index is 0.0766. The van der Waals surface area contributed by atoms with Crippen LogP contribution in [0.5, 0.6) is 0 Å². The number of carbonyl (C=O) groups excluding carboxylic acids is 2. The van der Waals surface area contributed by atoms with Crippen molar-refractivity contribution in [2.75, 3.05) is 13.2 Å². The molecule has 144 valence electrons. The minimum atomic E-state index is -0.489. The van der Waals surface area contributed by atoms with Gasteiger partial charge in [-0.15, -0.1) is 0 Å². The number of non-ortho nitro benzene ring substituents is 1. The Balaban J connectivity index is 1.68. The molecule has 0 radical (unpaired) electrons. The van der Waals surface area contributed by atoms with E-state index in [1.54, 1.807) is 17.6 Å². The maximum Gasteiger partial charge on any atom is 0.305 e. The number of fused-ring (bicyclic) bond motifs is 5. The van der Waals surface area contributed by atoms with Crippen LogP contribution in [0.1, 0.15) is 30.3 Å². The van der Waals surface area contributed by atoms with Crippen molar-refractivity contribution in [2.45, 2.75) is 19.8 Å². The van der Waals surface area contributed by atoms with E-state index in [1.807, 2.05) is 0 Å². The van der Waals surface area contributed by atoms with Gasteiger partial charge in [0.25, 0.3) is 11.6 Å². The van der Waals surface area contributed by atoms with Gasteiger partial charge >= 0.3 is 5.97 Å². The van der Waals surface area contributed by atoms with Crippen LogP contribution in [0.4, 0.5) is 5.69 Å². The van der Waals surface area contributed by atoms with E-state index in [0.717, 1.165) is 0 Å². The highest BCUT2D eigenvalue weighted by Crippen LogP contribution is 2.36. The average Bonchev–Trinajstić information content (AvgIpc) is 3.25. The molecule has 0 atom stereocenters. The Morgan fingerprint density at radius 1 is 1.32 bits per heavy atom. The largest absolute Gasteiger partial charge is 0.466 e. The summed E-state index contributed by atoms with van der Waals surface area (Å²) < 4.78 is 12.2. The van der Waals surface area contributed by atoms with Crippen molar-refractivity contribution in [3.05, 3.63) is 40.1 Å². The predicted octanol–water partition coefficient (Wildman–Crippen LogP) is 3.23. The fourth-order valence-corrected chi connectivity index (χ4v) is 3.72. The Labute approximate surface area is 163 Å². The van der Waals surface area contributed by atoms with E-state index in [2.05, 4.69) is 0 Å². The summed E-state index contributed by atoms with van der Waals surface area (Å²) in [6.45, 7) is 2.31. The highest BCUT2D eigenvalue weighted by Gasteiger charge is 2.36. The summed E-state index contributed by atoms with van der Waals surface area (Å²) in [6, 6.07) is 5.88. The minimum Gasteiger partial charge on any atom is -0.466 e. The second kappa shape index (κ2) is 6.71. The van der Waals surface area contributed by atoms with E-state index in [0.29, 0.717) is 40.8 Å². The first-order chi connectivity index (χ1) is 13.4. The Hall–Kier alpha value is -3.27. The summed E-state index contributed by atoms with van der Waals surface area (Å²) in [5.41, 5.74) is 1.70. The van der Waals surface area contributed by atoms with Crippen LogP contribution in [0.2, 0.25) is 0 Å². The fraction of sp³-hybridized carbons (Fsp3) is 0.278. The number of carbonyl (C=O) groups is 2. The normalized spacial score (nSPS) is 13.5. The van der Waals surface area contributed by atoms with E-state index >= 15 is 0 Å². The van der Waals surface area contributed by atoms with Crippen molar-refractivity contribution in [1.82, 2.24) is 9.47 Å². The van der Waals surface area contributed by atoms with E-state index in [1.165, 1.54) is 23.1 Å². The quantitative estimate of drug-likeness (QED) is 0.270. The molecule has 0 unspecified atom stereocenters. The SMILES string of the molecule is CCOC(=O)CCCN1C(=O)c2cc3oc4ccc([N+](=O)[O-])cc4c3n2C1=S. The third kappa shape index (κ3) is 2.73. The van der Waals surface area contributed by atoms with Crippen molar-refractivity contribution in [3.8, 4) is 0 Å². The molecule has 3 heterocycles. The number of nitrogens with zero attached hydrogens (tertiary/aromatic N) is 3. The number of esters is 1. The molecule has 0 aliphatic carbocycles. The number of rotatable bonds is 6. The molecule has 0 N–H and O–H groups in total. The summed E-state index contributed by atoms with van der Waals surface area (Å²) in [5, 5.41) is 11.9. The number of benzene rings is 1. The maximum absolute atomic E-state index is 12.7. The molecule has 4 rings (SSSR count). The van der Waals surface area contributed by atoms with Crippen LogP contribution in [-0.4, -0.2) is 44.5 Å². The van der Waals surface area contributed by atoms with E-state index in [9.17, 15) is 19.7 Å². The molecule has 9 nitrogen and oxygen atoms in total. The molecule has 1 aliphatic rings. The number of furan rings is 1. The number of aromatic nitrogens is 1. The van der Waals surface area contributed by atoms with Crippen LogP contribution < -0.4 is 0 Å². The van der Waals surface area contributed by atoms with Crippen molar-refractivity contribution < 1.29 is 23.7 Å². The molecule has 0 bridgehead atoms. The summed E-state index contributed by atoms with van der Waals surface area (Å²) in [4.78, 5) is 36.3. The molecule has 2 aromatic heterocycles. The van der Waals surface area contributed by atoms with Crippen LogP contribution in [0.25, 0.3) is 22.1 Å². The molecule has 0 saturated heterocycles. The molecular weight excluding hydrogens is 386 g/mol. The molecule has 1 aliphatic heterocycles. The van der Waals surface area contributed by atoms with Crippen molar-refractivity contribution in [3.63, 3.8) is 0 Å². The Bertz CT molecular complexity index is 1160. The van der Waals surface area contributed by atoms with Gasteiger partial charge in [-0.25, -0.2) is 0 Å². The van der Waals surface area contributed by atoms with Gasteiger partial charge in [0.15, 0.2) is 10.7 Å². The van der Waals surface area contributed by atoms with Crippen LogP contribution >= 0.6 is 12.2 Å². The lowest BCUT2D eigenvalue weighted by atomic mass is 10.2. The second-order valence-electron chi connectivity index (χ2n) is 6.27. The molecule has 0 saturated carbocycles. The number of nitro groups is 1. The zero-order valence-electron chi connectivity index (χ0n) is 14.8. The smallest absolute Gasteiger partial charge is 0.305 e. The van der Waals surface area contributed by atoms with E-state index in [4.69, 9.17) is 21.4 Å². The molecule has 1 aromatic carbocycles. The number of hydrogen-bond donors (Lipinski definition) is 0. The van der Waals surface area contributed by atoms with Crippen molar-refractivity contribution in [1.29, 1.82) is 0 Å². The number of amides is 1. The summed E-state index contributed by atoms with van der Waals surface area (Å²) >= 11 is 5.47. The molecular formula is C18H15N3O6S. The van der Waals surface area contributed by atoms with Gasteiger partial charge in [0.05, 0.1) is 16.9 Å². The lowest BCUT2D eigenvalue weighted by Crippen LogP contribution is -2.32. The molecule has 0 spiro atoms. The molecule has 1 amide bonds. The zero-order valence-corrected chi connectivity index (χ0v) is 15.7. The van der Waals surface area contributed by atoms with Gasteiger partial charge in [-0.3, -0.25) is 29.2 Å². The summed E-state index contributed by atoms with van der Waals surface area (Å²) in [6.07, 6.45) is 0.599. The number of nitro benzene ring substituents is 1. The van der Waals surface area contributed by atoms with Gasteiger partial charge in [-0.2, -0.15) is 0 Å². The molecule has 10 heteroatoms. The standard InChI is InChI=1S/C18H15N3O6S/c1-2-26-15(22)4-3-7-19-17(23)12-9-14-16(20(12)18(19)28)11-8-10(21(24)25)5-6-13(11)27-14/h5-6,8-9H,2-4,7H2,1H3. The van der Waals surface area contributed by atoms with Gasteiger partial charge in [0.2, 0.25) is 0 Å². The lowest BCUT2D eigenvalue weighted by Gasteiger charge is -2.15. The monoisotopic (exact) mass is 401 g/mol. The second-order valence-corrected chi connectivity index (χ2v) is 6.63. The Morgan fingerprint density at radius 3 is 2.82 bits per heavy atom. The first-order valence-corrected chi connectivity index (χ1v) is 9.07. The topological polar surface area (TPSA) is 108 Å². The van der Waals surface area contributed by atoms with Crippen molar-refractivity contribution in [2.24, 2.45) is 0 Å². The third-order valence-electron chi connectivity index (χ3n) is 4.57. The first kappa shape index (κ1) is 18.1. The summed E-state index contributed by atoms with van der Waals surface area (Å²) in [5.74, 6) is -0.617. The van der Waals surface area contributed by atoms with Gasteiger partial charge < -0.3 is 9.15 Å². The molecule has 3 aromatic rings. The van der Waals surface area contributed by atoms with E-state index in [-0.39, 0.29) is 35.6 Å². The number of thiocarbonyl (C=S) groups is 1. The average molecular weight is 401 g/mol. The Morgan fingerprint density at radius 2 is 2.11 bits per heavy atom. The van der Waals surface area contributed by atoms with Crippen LogP contribution in [0, 0.1) is 10.1 Å². The van der Waals surface area contributed by atoms with Crippen LogP contribution in [-0.2, 0) is 9.53 Å². The highest BCUT2D eigenvalue weighted by atomic mass is 32.1. The fourth-order valence-electron chi connectivity index (χ4n) is 3.36. The predicted molar refractivity (Wildman–Crippen MR) is 103 cm³/mol. The van der Waals surface area contributed by atoms with Gasteiger partial charge in [0.1, 0.15) is 16.8 Å². The Kier molecular flexibility index (Phi) is 4.34. The van der Waals surface area contributed by atoms with Gasteiger partial charge in [-0.1, -0.05) is 0 Å². The van der Waals surface area contributed by atoms with Gasteiger partial charge in [0, 0.05) is 31.2 Å². The van der Waals surface area contributed by atoms with E-state index < -0.39 is 4.92 Å². The van der Waals surface area contributed by atoms with Crippen molar-refractivity contribution >= 4 is 57.0 Å². The highest BCUT2D eigenvalue weighted by molar-refractivity contribution is 7.80. The van der Waals surface area contributed by atoms with Crippen LogP contribution in [0.15, 0.2) is 28.7 Å². The summed E-state index contributed by atoms with van der Waals surface area (Å²) in [7, 11) is 0. The maximum atomic E-state index is 12.7. The number of ether oxygens (including phenoxy) is 1. The third-order valence-corrected chi connectivity index (χ3v) is 4.97. The lowest BCUT2D eigenvalue weighted by molar-refractivity contribution is -0.384. The molecule has 0 fully saturated rings. The van der Waals surface area contributed by atoms with Crippen LogP contribution in [0.3, 0.4) is 0 Å². The van der Waals surface area contributed by atoms with Gasteiger partial charge in [-0.05, 0) is 31.6 Å². The first-order valence-electron chi connectivity index (χ1n) is 8.66. The zero-order chi connectivity index (χ0) is 20.0. The molecule has 28 heavy (non-hydrogen) atoms.